The first kappa shape index (κ1) is 19.4. The Morgan fingerprint density at radius 3 is 2.18 bits per heavy atom. The summed E-state index contributed by atoms with van der Waals surface area (Å²) in [6.45, 7) is 13.2. The molecule has 0 bridgehead atoms. The summed E-state index contributed by atoms with van der Waals surface area (Å²) in [5.41, 5.74) is 2.23. The van der Waals surface area contributed by atoms with Crippen molar-refractivity contribution >= 4 is 8.60 Å². The molecular weight excluding hydrogens is 299 g/mol. The first-order chi connectivity index (χ1) is 10.1. The summed E-state index contributed by atoms with van der Waals surface area (Å²) in [4.78, 5) is 9.89. The molecule has 1 unspecified atom stereocenters. The maximum absolute atomic E-state index is 9.89. The van der Waals surface area contributed by atoms with Crippen molar-refractivity contribution in [1.82, 2.24) is 0 Å². The number of hydrogen-bond acceptors (Lipinski definition) is 4. The fourth-order valence-corrected chi connectivity index (χ4v) is 2.65. The van der Waals surface area contributed by atoms with Gasteiger partial charge in [0.05, 0.1) is 6.61 Å². The van der Waals surface area contributed by atoms with Crippen molar-refractivity contribution in [2.24, 2.45) is 0 Å². The Morgan fingerprint density at radius 1 is 1.05 bits per heavy atom. The van der Waals surface area contributed by atoms with E-state index in [9.17, 15) is 4.89 Å². The number of rotatable bonds is 6. The third kappa shape index (κ3) is 5.85. The Labute approximate surface area is 135 Å². The first-order valence-corrected chi connectivity index (χ1v) is 8.74. The molecule has 0 radical (unpaired) electrons. The number of aliphatic hydroxyl groups excluding tert-OH is 1. The van der Waals surface area contributed by atoms with Crippen molar-refractivity contribution < 1.29 is 19.0 Å². The van der Waals surface area contributed by atoms with Gasteiger partial charge in [0.2, 0.25) is 0 Å². The van der Waals surface area contributed by atoms with E-state index in [2.05, 4.69) is 47.6 Å². The lowest BCUT2D eigenvalue weighted by Gasteiger charge is -2.27. The highest BCUT2D eigenvalue weighted by molar-refractivity contribution is 7.41. The van der Waals surface area contributed by atoms with Crippen LogP contribution < -0.4 is 4.52 Å². The minimum absolute atomic E-state index is 0.0384. The predicted octanol–water partition coefficient (Wildman–Crippen LogP) is 4.28. The summed E-state index contributed by atoms with van der Waals surface area (Å²) in [7, 11) is -1.98. The fourth-order valence-electron chi connectivity index (χ4n) is 1.98. The molecule has 1 rings (SSSR count). The van der Waals surface area contributed by atoms with Gasteiger partial charge in [-0.15, -0.1) is 0 Å². The number of hydrogen-bond donors (Lipinski definition) is 2. The van der Waals surface area contributed by atoms with E-state index in [0.29, 0.717) is 12.2 Å². The van der Waals surface area contributed by atoms with E-state index in [1.165, 1.54) is 5.56 Å². The van der Waals surface area contributed by atoms with E-state index < -0.39 is 8.60 Å². The van der Waals surface area contributed by atoms with Crippen molar-refractivity contribution in [1.29, 1.82) is 0 Å². The normalized spacial score (nSPS) is 14.0. The molecule has 0 aromatic heterocycles. The molecule has 1 atom stereocenters. The Morgan fingerprint density at radius 2 is 1.68 bits per heavy atom. The highest BCUT2D eigenvalue weighted by Crippen LogP contribution is 2.42. The van der Waals surface area contributed by atoms with Crippen LogP contribution in [0.2, 0.25) is 0 Å². The monoisotopic (exact) mass is 328 g/mol. The quantitative estimate of drug-likeness (QED) is 0.604. The van der Waals surface area contributed by atoms with E-state index in [-0.39, 0.29) is 24.0 Å². The van der Waals surface area contributed by atoms with Crippen molar-refractivity contribution in [3.63, 3.8) is 0 Å². The van der Waals surface area contributed by atoms with Crippen LogP contribution in [-0.4, -0.2) is 23.2 Å². The molecule has 0 spiro atoms. The van der Waals surface area contributed by atoms with Crippen molar-refractivity contribution in [2.45, 2.75) is 58.8 Å². The molecule has 0 heterocycles. The zero-order chi connectivity index (χ0) is 17.0. The SMILES string of the molecule is CC(C)(C)c1ccc(OP(O)OCCCO)c(C(C)(C)C)c1. The van der Waals surface area contributed by atoms with Crippen LogP contribution in [0.25, 0.3) is 0 Å². The lowest BCUT2D eigenvalue weighted by Crippen LogP contribution is -2.17. The smallest absolute Gasteiger partial charge is 0.394 e. The van der Waals surface area contributed by atoms with Crippen LogP contribution in [0.4, 0.5) is 0 Å². The van der Waals surface area contributed by atoms with Gasteiger partial charge >= 0.3 is 8.60 Å². The summed E-state index contributed by atoms with van der Waals surface area (Å²) in [5, 5.41) is 8.73. The van der Waals surface area contributed by atoms with Crippen LogP contribution >= 0.6 is 8.60 Å². The molecule has 1 aromatic carbocycles. The van der Waals surface area contributed by atoms with Crippen molar-refractivity contribution in [3.8, 4) is 5.75 Å². The zero-order valence-electron chi connectivity index (χ0n) is 14.5. The molecule has 0 aliphatic carbocycles. The molecule has 0 saturated carbocycles. The van der Waals surface area contributed by atoms with Crippen LogP contribution in [0.5, 0.6) is 5.75 Å². The minimum atomic E-state index is -1.98. The second-order valence-electron chi connectivity index (χ2n) is 7.45. The molecule has 0 aliphatic heterocycles. The highest BCUT2D eigenvalue weighted by atomic mass is 31.2. The average molecular weight is 328 g/mol. The summed E-state index contributed by atoms with van der Waals surface area (Å²) in [6.07, 6.45) is 0.484. The summed E-state index contributed by atoms with van der Waals surface area (Å²) in [6, 6.07) is 6.08. The van der Waals surface area contributed by atoms with Gasteiger partial charge < -0.3 is 19.0 Å². The second kappa shape index (κ2) is 7.74. The van der Waals surface area contributed by atoms with E-state index in [0.717, 1.165) is 5.56 Å². The largest absolute Gasteiger partial charge is 0.427 e. The van der Waals surface area contributed by atoms with Gasteiger partial charge in [0, 0.05) is 12.2 Å². The summed E-state index contributed by atoms with van der Waals surface area (Å²) >= 11 is 0. The van der Waals surface area contributed by atoms with Gasteiger partial charge in [0.25, 0.3) is 0 Å². The van der Waals surface area contributed by atoms with Crippen LogP contribution in [0.1, 0.15) is 59.1 Å². The zero-order valence-corrected chi connectivity index (χ0v) is 15.4. The summed E-state index contributed by atoms with van der Waals surface area (Å²) in [5.74, 6) is 0.651. The molecule has 0 aliphatic rings. The average Bonchev–Trinajstić information content (AvgIpc) is 2.36. The second-order valence-corrected chi connectivity index (χ2v) is 8.37. The Balaban J connectivity index is 2.99. The highest BCUT2D eigenvalue weighted by Gasteiger charge is 2.24. The van der Waals surface area contributed by atoms with Crippen LogP contribution in [0, 0.1) is 0 Å². The van der Waals surface area contributed by atoms with Gasteiger partial charge in [-0.05, 0) is 28.9 Å². The van der Waals surface area contributed by atoms with Gasteiger partial charge in [-0.1, -0.05) is 53.7 Å². The molecule has 126 valence electrons. The van der Waals surface area contributed by atoms with Crippen LogP contribution in [0.3, 0.4) is 0 Å². The predicted molar refractivity (Wildman–Crippen MR) is 91.3 cm³/mol. The van der Waals surface area contributed by atoms with E-state index in [4.69, 9.17) is 14.2 Å². The maximum atomic E-state index is 9.89. The van der Waals surface area contributed by atoms with Gasteiger partial charge in [-0.3, -0.25) is 0 Å². The Bertz CT molecular complexity index is 475. The van der Waals surface area contributed by atoms with Gasteiger partial charge in [0.15, 0.2) is 0 Å². The van der Waals surface area contributed by atoms with E-state index in [1.807, 2.05) is 12.1 Å². The van der Waals surface area contributed by atoms with E-state index in [1.54, 1.807) is 0 Å². The van der Waals surface area contributed by atoms with Crippen molar-refractivity contribution in [2.75, 3.05) is 13.2 Å². The Hall–Kier alpha value is -0.670. The summed E-state index contributed by atoms with van der Waals surface area (Å²) < 4.78 is 10.8. The van der Waals surface area contributed by atoms with Crippen molar-refractivity contribution in [3.05, 3.63) is 29.3 Å². The molecule has 2 N–H and O–H groups in total. The third-order valence-corrected chi connectivity index (χ3v) is 4.09. The molecule has 0 fully saturated rings. The minimum Gasteiger partial charge on any atom is -0.427 e. The molecule has 22 heavy (non-hydrogen) atoms. The molecule has 5 heteroatoms. The van der Waals surface area contributed by atoms with Crippen LogP contribution in [-0.2, 0) is 15.4 Å². The standard InChI is InChI=1S/C17H29O4P/c1-16(2,3)13-8-9-15(14(12-13)17(4,5)6)21-22(19)20-11-7-10-18/h8-9,12,18-19H,7,10-11H2,1-6H3. The van der Waals surface area contributed by atoms with Gasteiger partial charge in [-0.2, -0.15) is 0 Å². The molecule has 1 aromatic rings. The van der Waals surface area contributed by atoms with Gasteiger partial charge in [0.1, 0.15) is 5.75 Å². The lowest BCUT2D eigenvalue weighted by molar-refractivity contribution is 0.214. The maximum Gasteiger partial charge on any atom is 0.394 e. The molecule has 0 amide bonds. The van der Waals surface area contributed by atoms with Gasteiger partial charge in [-0.25, -0.2) is 0 Å². The fraction of sp³-hybridized carbons (Fsp3) is 0.647. The Kier molecular flexibility index (Phi) is 6.82. The lowest BCUT2D eigenvalue weighted by atomic mass is 9.80. The van der Waals surface area contributed by atoms with Crippen LogP contribution in [0.15, 0.2) is 18.2 Å². The van der Waals surface area contributed by atoms with E-state index >= 15 is 0 Å². The topological polar surface area (TPSA) is 58.9 Å². The molecular formula is C17H29O4P. The number of benzene rings is 1. The first-order valence-electron chi connectivity index (χ1n) is 7.61. The third-order valence-electron chi connectivity index (χ3n) is 3.33. The molecule has 0 saturated heterocycles. The number of aliphatic hydroxyl groups is 1. The molecule has 4 nitrogen and oxygen atoms in total.